The Morgan fingerprint density at radius 3 is 2.21 bits per heavy atom. The quantitative estimate of drug-likeness (QED) is 0.437. The fraction of sp³-hybridized carbons (Fsp3) is 0.250. The van der Waals surface area contributed by atoms with Crippen molar-refractivity contribution in [1.82, 2.24) is 0 Å². The van der Waals surface area contributed by atoms with Gasteiger partial charge in [0.05, 0.1) is 11.7 Å². The maximum absolute atomic E-state index is 12.9. The molecule has 0 radical (unpaired) electrons. The van der Waals surface area contributed by atoms with E-state index in [1.54, 1.807) is 0 Å². The molecule has 6 heteroatoms. The van der Waals surface area contributed by atoms with Gasteiger partial charge in [-0.1, -0.05) is 0 Å². The Labute approximate surface area is 77.0 Å². The molecule has 0 saturated carbocycles. The average Bonchev–Trinajstić information content (AvgIpc) is 2.14. The van der Waals surface area contributed by atoms with Crippen LogP contribution in [0, 0.1) is 23.3 Å². The molecule has 0 heterocycles. The van der Waals surface area contributed by atoms with Crippen LogP contribution < -0.4 is 5.73 Å². The molecule has 0 bridgehead atoms. The minimum Gasteiger partial charge on any atom is -0.387 e. The topological polar surface area (TPSA) is 46.2 Å². The minimum atomic E-state index is -1.83. The largest absolute Gasteiger partial charge is 0.387 e. The van der Waals surface area contributed by atoms with Gasteiger partial charge in [0, 0.05) is 12.6 Å². The number of halogens is 4. The summed E-state index contributed by atoms with van der Waals surface area (Å²) in [6.45, 7) is -0.487. The number of hydrogen-bond acceptors (Lipinski definition) is 2. The third-order valence-corrected chi connectivity index (χ3v) is 1.71. The van der Waals surface area contributed by atoms with E-state index in [0.717, 1.165) is 0 Å². The molecule has 2 nitrogen and oxygen atoms in total. The maximum atomic E-state index is 12.9. The van der Waals surface area contributed by atoms with E-state index in [0.29, 0.717) is 0 Å². The van der Waals surface area contributed by atoms with Gasteiger partial charge in [0.1, 0.15) is 5.82 Å². The molecule has 0 unspecified atom stereocenters. The Hall–Kier alpha value is -1.14. The van der Waals surface area contributed by atoms with Gasteiger partial charge in [-0.2, -0.15) is 0 Å². The average molecular weight is 209 g/mol. The van der Waals surface area contributed by atoms with Gasteiger partial charge in [-0.05, 0) is 0 Å². The van der Waals surface area contributed by atoms with Crippen LogP contribution in [0.3, 0.4) is 0 Å². The van der Waals surface area contributed by atoms with E-state index in [2.05, 4.69) is 0 Å². The Kier molecular flexibility index (Phi) is 3.07. The molecule has 0 amide bonds. The third kappa shape index (κ3) is 1.71. The Bertz CT molecular complexity index is 356. The summed E-state index contributed by atoms with van der Waals surface area (Å²) >= 11 is 0. The van der Waals surface area contributed by atoms with Crippen molar-refractivity contribution >= 4 is 0 Å². The molecule has 1 aromatic carbocycles. The number of aliphatic hydroxyl groups excluding tert-OH is 1. The SMILES string of the molecule is NC[C@H](O)c1c(F)cc(F)c(F)c1F. The standard InChI is InChI=1S/C8H7F4NO/c9-3-1-4(10)7(11)8(12)6(3)5(14)2-13/h1,5,14H,2,13H2/t5-/m0/s1. The van der Waals surface area contributed by atoms with Gasteiger partial charge in [-0.25, -0.2) is 17.6 Å². The molecule has 1 atom stereocenters. The van der Waals surface area contributed by atoms with E-state index in [9.17, 15) is 17.6 Å². The monoisotopic (exact) mass is 209 g/mol. The highest BCUT2D eigenvalue weighted by Gasteiger charge is 2.23. The highest BCUT2D eigenvalue weighted by atomic mass is 19.2. The van der Waals surface area contributed by atoms with Crippen LogP contribution in [0.25, 0.3) is 0 Å². The van der Waals surface area contributed by atoms with E-state index in [1.807, 2.05) is 0 Å². The van der Waals surface area contributed by atoms with Gasteiger partial charge in [0.15, 0.2) is 17.5 Å². The lowest BCUT2D eigenvalue weighted by atomic mass is 10.1. The van der Waals surface area contributed by atoms with E-state index in [-0.39, 0.29) is 6.07 Å². The molecule has 0 fully saturated rings. The van der Waals surface area contributed by atoms with Crippen LogP contribution >= 0.6 is 0 Å². The lowest BCUT2D eigenvalue weighted by molar-refractivity contribution is 0.174. The van der Waals surface area contributed by atoms with Gasteiger partial charge in [0.25, 0.3) is 0 Å². The van der Waals surface area contributed by atoms with Crippen LogP contribution in [0.1, 0.15) is 11.7 Å². The fourth-order valence-electron chi connectivity index (χ4n) is 1.00. The zero-order chi connectivity index (χ0) is 10.9. The molecule has 14 heavy (non-hydrogen) atoms. The summed E-state index contributed by atoms with van der Waals surface area (Å²) in [7, 11) is 0. The minimum absolute atomic E-state index is 0.159. The molecule has 1 aromatic rings. The van der Waals surface area contributed by atoms with E-state index in [1.165, 1.54) is 0 Å². The van der Waals surface area contributed by atoms with Crippen molar-refractivity contribution < 1.29 is 22.7 Å². The summed E-state index contributed by atoms with van der Waals surface area (Å²) in [5.41, 5.74) is 3.98. The summed E-state index contributed by atoms with van der Waals surface area (Å²) in [6, 6.07) is 0.159. The highest BCUT2D eigenvalue weighted by Crippen LogP contribution is 2.24. The number of hydrogen-bond donors (Lipinski definition) is 2. The van der Waals surface area contributed by atoms with Crippen LogP contribution in [0.4, 0.5) is 17.6 Å². The zero-order valence-corrected chi connectivity index (χ0v) is 6.90. The third-order valence-electron chi connectivity index (χ3n) is 1.71. The van der Waals surface area contributed by atoms with Crippen molar-refractivity contribution in [3.8, 4) is 0 Å². The number of nitrogens with two attached hydrogens (primary N) is 1. The van der Waals surface area contributed by atoms with Gasteiger partial charge in [0.2, 0.25) is 0 Å². The molecule has 0 saturated heterocycles. The molecule has 0 aromatic heterocycles. The van der Waals surface area contributed by atoms with E-state index in [4.69, 9.17) is 10.8 Å². The van der Waals surface area contributed by atoms with Crippen molar-refractivity contribution in [1.29, 1.82) is 0 Å². The predicted molar refractivity (Wildman–Crippen MR) is 40.3 cm³/mol. The summed E-state index contributed by atoms with van der Waals surface area (Å²) in [4.78, 5) is 0. The lowest BCUT2D eigenvalue weighted by Gasteiger charge is -2.11. The van der Waals surface area contributed by atoms with Crippen LogP contribution in [0.5, 0.6) is 0 Å². The van der Waals surface area contributed by atoms with Crippen molar-refractivity contribution in [2.75, 3.05) is 6.54 Å². The first-order valence-electron chi connectivity index (χ1n) is 3.70. The van der Waals surface area contributed by atoms with Crippen molar-refractivity contribution in [2.24, 2.45) is 5.73 Å². The molecule has 3 N–H and O–H groups in total. The first-order chi connectivity index (χ1) is 6.49. The summed E-state index contributed by atoms with van der Waals surface area (Å²) in [5.74, 6) is -6.58. The summed E-state index contributed by atoms with van der Waals surface area (Å²) in [5, 5.41) is 9.01. The Balaban J connectivity index is 3.36. The maximum Gasteiger partial charge on any atom is 0.194 e. The fourth-order valence-corrected chi connectivity index (χ4v) is 1.00. The zero-order valence-electron chi connectivity index (χ0n) is 6.90. The predicted octanol–water partition coefficient (Wildman–Crippen LogP) is 1.24. The molecule has 1 rings (SSSR count). The normalized spacial score (nSPS) is 13.0. The van der Waals surface area contributed by atoms with E-state index >= 15 is 0 Å². The van der Waals surface area contributed by atoms with Crippen LogP contribution in [0.2, 0.25) is 0 Å². The van der Waals surface area contributed by atoms with Gasteiger partial charge in [-0.3, -0.25) is 0 Å². The number of rotatable bonds is 2. The molecule has 0 spiro atoms. The molecule has 0 aliphatic carbocycles. The van der Waals surface area contributed by atoms with Gasteiger partial charge < -0.3 is 10.8 Å². The van der Waals surface area contributed by atoms with Crippen molar-refractivity contribution in [3.05, 3.63) is 34.9 Å². The number of aliphatic hydroxyl groups is 1. The van der Waals surface area contributed by atoms with Crippen molar-refractivity contribution in [3.63, 3.8) is 0 Å². The second kappa shape index (κ2) is 3.93. The van der Waals surface area contributed by atoms with Crippen LogP contribution in [-0.2, 0) is 0 Å². The molecule has 0 aliphatic rings. The van der Waals surface area contributed by atoms with Crippen molar-refractivity contribution in [2.45, 2.75) is 6.10 Å². The van der Waals surface area contributed by atoms with Gasteiger partial charge in [-0.15, -0.1) is 0 Å². The molecule has 78 valence electrons. The molecular weight excluding hydrogens is 202 g/mol. The summed E-state index contributed by atoms with van der Waals surface area (Å²) in [6.07, 6.45) is -1.69. The summed E-state index contributed by atoms with van der Waals surface area (Å²) < 4.78 is 50.8. The first kappa shape index (κ1) is 10.9. The Morgan fingerprint density at radius 1 is 1.14 bits per heavy atom. The first-order valence-corrected chi connectivity index (χ1v) is 3.70. The molecule has 0 aliphatic heterocycles. The molecular formula is C8H7F4NO. The van der Waals surface area contributed by atoms with Crippen LogP contribution in [0.15, 0.2) is 6.07 Å². The highest BCUT2D eigenvalue weighted by molar-refractivity contribution is 5.24. The Morgan fingerprint density at radius 2 is 1.71 bits per heavy atom. The lowest BCUT2D eigenvalue weighted by Crippen LogP contribution is -2.16. The van der Waals surface area contributed by atoms with Crippen LogP contribution in [-0.4, -0.2) is 11.7 Å². The van der Waals surface area contributed by atoms with Gasteiger partial charge >= 0.3 is 0 Å². The van der Waals surface area contributed by atoms with E-state index < -0.39 is 41.5 Å². The second-order valence-corrected chi connectivity index (χ2v) is 2.63. The second-order valence-electron chi connectivity index (χ2n) is 2.63. The number of benzene rings is 1. The smallest absolute Gasteiger partial charge is 0.194 e.